The maximum absolute atomic E-state index is 5.57. The first kappa shape index (κ1) is 11.4. The fourth-order valence-electron chi connectivity index (χ4n) is 2.07. The van der Waals surface area contributed by atoms with Crippen molar-refractivity contribution in [2.45, 2.75) is 25.5 Å². The van der Waals surface area contributed by atoms with Crippen molar-refractivity contribution in [3.8, 4) is 0 Å². The first-order chi connectivity index (χ1) is 7.83. The highest BCUT2D eigenvalue weighted by Gasteiger charge is 2.27. The van der Waals surface area contributed by atoms with Crippen LogP contribution in [0.15, 0.2) is 12.4 Å². The van der Waals surface area contributed by atoms with E-state index in [-0.39, 0.29) is 6.10 Å². The highest BCUT2D eigenvalue weighted by molar-refractivity contribution is 5.27. The Morgan fingerprint density at radius 3 is 3.25 bits per heavy atom. The monoisotopic (exact) mass is 225 g/mol. The van der Waals surface area contributed by atoms with Crippen LogP contribution in [-0.4, -0.2) is 42.5 Å². The van der Waals surface area contributed by atoms with Crippen LogP contribution in [0.4, 0.5) is 5.95 Å². The third-order valence-corrected chi connectivity index (χ3v) is 2.95. The minimum atomic E-state index is 0.261. The first-order valence-corrected chi connectivity index (χ1v) is 5.70. The molecule has 0 amide bonds. The average Bonchev–Trinajstić information content (AvgIpc) is 2.87. The Morgan fingerprint density at radius 2 is 2.56 bits per heavy atom. The molecule has 0 saturated carbocycles. The number of aromatic nitrogens is 2. The Balaban J connectivity index is 2.00. The second-order valence-electron chi connectivity index (χ2n) is 4.01. The largest absolute Gasteiger partial charge is 0.383 e. The maximum Gasteiger partial charge on any atom is 0.203 e. The molecule has 16 heavy (non-hydrogen) atoms. The van der Waals surface area contributed by atoms with Gasteiger partial charge in [-0.1, -0.05) is 0 Å². The third-order valence-electron chi connectivity index (χ3n) is 2.95. The van der Waals surface area contributed by atoms with E-state index < -0.39 is 0 Å². The van der Waals surface area contributed by atoms with Crippen LogP contribution >= 0.6 is 0 Å². The van der Waals surface area contributed by atoms with E-state index in [9.17, 15) is 0 Å². The molecule has 1 saturated heterocycles. The second kappa shape index (κ2) is 5.32. The summed E-state index contributed by atoms with van der Waals surface area (Å²) < 4.78 is 12.7. The van der Waals surface area contributed by atoms with Gasteiger partial charge in [0.25, 0.3) is 0 Å². The van der Waals surface area contributed by atoms with Gasteiger partial charge in [-0.3, -0.25) is 0 Å². The van der Waals surface area contributed by atoms with E-state index in [4.69, 9.17) is 9.47 Å². The molecule has 1 aromatic heterocycles. The predicted octanol–water partition coefficient (Wildman–Crippen LogP) is 1.29. The van der Waals surface area contributed by atoms with E-state index in [2.05, 4.69) is 21.8 Å². The minimum Gasteiger partial charge on any atom is -0.383 e. The highest BCUT2D eigenvalue weighted by Crippen LogP contribution is 2.28. The fourth-order valence-corrected chi connectivity index (χ4v) is 2.07. The lowest BCUT2D eigenvalue weighted by molar-refractivity contribution is 0.108. The van der Waals surface area contributed by atoms with Crippen LogP contribution in [-0.2, 0) is 9.47 Å². The first-order valence-electron chi connectivity index (χ1n) is 5.70. The van der Waals surface area contributed by atoms with Gasteiger partial charge in [0, 0.05) is 32.7 Å². The molecule has 1 fully saturated rings. The van der Waals surface area contributed by atoms with Gasteiger partial charge in [-0.15, -0.1) is 0 Å². The number of hydrogen-bond acceptors (Lipinski definition) is 4. The van der Waals surface area contributed by atoms with Gasteiger partial charge >= 0.3 is 0 Å². The van der Waals surface area contributed by atoms with Gasteiger partial charge in [0.2, 0.25) is 5.95 Å². The van der Waals surface area contributed by atoms with E-state index in [0.29, 0.717) is 12.6 Å². The Hall–Kier alpha value is -1.07. The van der Waals surface area contributed by atoms with E-state index >= 15 is 0 Å². The summed E-state index contributed by atoms with van der Waals surface area (Å²) in [6.45, 7) is 4.40. The molecule has 0 spiro atoms. The van der Waals surface area contributed by atoms with Crippen LogP contribution in [0.25, 0.3) is 0 Å². The van der Waals surface area contributed by atoms with Gasteiger partial charge in [-0.2, -0.15) is 0 Å². The van der Waals surface area contributed by atoms with E-state index in [1.54, 1.807) is 7.11 Å². The van der Waals surface area contributed by atoms with Gasteiger partial charge in [-0.25, -0.2) is 4.98 Å². The molecule has 90 valence electrons. The molecule has 5 nitrogen and oxygen atoms in total. The fraction of sp³-hybridized carbons (Fsp3) is 0.727. The van der Waals surface area contributed by atoms with Gasteiger partial charge in [0.15, 0.2) is 0 Å². The SMILES string of the molecule is COCCNc1nccn1C1CCOC1C. The Labute approximate surface area is 95.8 Å². The molecule has 0 radical (unpaired) electrons. The summed E-state index contributed by atoms with van der Waals surface area (Å²) in [7, 11) is 1.70. The van der Waals surface area contributed by atoms with Crippen LogP contribution < -0.4 is 5.32 Å². The molecule has 1 aliphatic rings. The molecule has 0 bridgehead atoms. The third kappa shape index (κ3) is 2.36. The Bertz CT molecular complexity index is 327. The van der Waals surface area contributed by atoms with Crippen molar-refractivity contribution < 1.29 is 9.47 Å². The zero-order valence-corrected chi connectivity index (χ0v) is 9.85. The normalized spacial score (nSPS) is 24.9. The van der Waals surface area contributed by atoms with Gasteiger partial charge in [0.05, 0.1) is 18.8 Å². The molecule has 2 atom stereocenters. The molecule has 2 heterocycles. The van der Waals surface area contributed by atoms with Crippen LogP contribution in [0, 0.1) is 0 Å². The summed E-state index contributed by atoms with van der Waals surface area (Å²) in [6.07, 6.45) is 5.14. The number of nitrogens with zero attached hydrogens (tertiary/aromatic N) is 2. The molecule has 2 rings (SSSR count). The van der Waals surface area contributed by atoms with Gasteiger partial charge < -0.3 is 19.4 Å². The summed E-state index contributed by atoms with van der Waals surface area (Å²) in [5.74, 6) is 0.902. The quantitative estimate of drug-likeness (QED) is 0.767. The van der Waals surface area contributed by atoms with Crippen molar-refractivity contribution in [1.82, 2.24) is 9.55 Å². The second-order valence-corrected chi connectivity index (χ2v) is 4.01. The lowest BCUT2D eigenvalue weighted by Crippen LogP contribution is -2.20. The number of ether oxygens (including phenoxy) is 2. The van der Waals surface area contributed by atoms with E-state index in [1.165, 1.54) is 0 Å². The van der Waals surface area contributed by atoms with Crippen molar-refractivity contribution in [1.29, 1.82) is 0 Å². The van der Waals surface area contributed by atoms with Crippen molar-refractivity contribution in [2.24, 2.45) is 0 Å². The summed E-state index contributed by atoms with van der Waals surface area (Å²) in [6, 6.07) is 0.396. The molecule has 0 aliphatic carbocycles. The van der Waals surface area contributed by atoms with Gasteiger partial charge in [-0.05, 0) is 13.3 Å². The van der Waals surface area contributed by atoms with Crippen molar-refractivity contribution >= 4 is 5.95 Å². The lowest BCUT2D eigenvalue weighted by atomic mass is 10.1. The number of anilines is 1. The molecule has 1 aromatic rings. The molecule has 5 heteroatoms. The minimum absolute atomic E-state index is 0.261. The van der Waals surface area contributed by atoms with Crippen molar-refractivity contribution in [3.63, 3.8) is 0 Å². The standard InChI is InChI=1S/C11H19N3O2/c1-9-10(3-7-16-9)14-6-4-12-11(14)13-5-8-15-2/h4,6,9-10H,3,5,7-8H2,1-2H3,(H,12,13). The zero-order chi connectivity index (χ0) is 11.4. The lowest BCUT2D eigenvalue weighted by Gasteiger charge is -2.18. The molecule has 1 N–H and O–H groups in total. The number of methoxy groups -OCH3 is 1. The van der Waals surface area contributed by atoms with Crippen molar-refractivity contribution in [2.75, 3.05) is 32.2 Å². The Kier molecular flexibility index (Phi) is 3.79. The van der Waals surface area contributed by atoms with Crippen LogP contribution in [0.5, 0.6) is 0 Å². The topological polar surface area (TPSA) is 48.3 Å². The van der Waals surface area contributed by atoms with Crippen LogP contribution in [0.1, 0.15) is 19.4 Å². The van der Waals surface area contributed by atoms with E-state index in [1.807, 2.05) is 12.4 Å². The van der Waals surface area contributed by atoms with Gasteiger partial charge in [0.1, 0.15) is 0 Å². The molecule has 1 aliphatic heterocycles. The number of rotatable bonds is 5. The highest BCUT2D eigenvalue weighted by atomic mass is 16.5. The smallest absolute Gasteiger partial charge is 0.203 e. The van der Waals surface area contributed by atoms with Crippen LogP contribution in [0.2, 0.25) is 0 Å². The summed E-state index contributed by atoms with van der Waals surface area (Å²) in [5.41, 5.74) is 0. The van der Waals surface area contributed by atoms with Crippen molar-refractivity contribution in [3.05, 3.63) is 12.4 Å². The predicted molar refractivity (Wildman–Crippen MR) is 61.7 cm³/mol. The van der Waals surface area contributed by atoms with Crippen LogP contribution in [0.3, 0.4) is 0 Å². The zero-order valence-electron chi connectivity index (χ0n) is 9.85. The number of imidazole rings is 1. The molecular formula is C11H19N3O2. The van der Waals surface area contributed by atoms with E-state index in [0.717, 1.165) is 25.5 Å². The summed E-state index contributed by atoms with van der Waals surface area (Å²) >= 11 is 0. The number of nitrogens with one attached hydrogen (secondary N) is 1. The summed E-state index contributed by atoms with van der Waals surface area (Å²) in [4.78, 5) is 4.31. The summed E-state index contributed by atoms with van der Waals surface area (Å²) in [5, 5.41) is 3.26. The molecule has 2 unspecified atom stereocenters. The maximum atomic E-state index is 5.57. The number of hydrogen-bond donors (Lipinski definition) is 1. The Morgan fingerprint density at radius 1 is 1.69 bits per heavy atom. The molecule has 0 aromatic carbocycles. The average molecular weight is 225 g/mol. The molecular weight excluding hydrogens is 206 g/mol.